The summed E-state index contributed by atoms with van der Waals surface area (Å²) in [4.78, 5) is 24.4. The molecule has 1 aromatic rings. The van der Waals surface area contributed by atoms with Gasteiger partial charge in [0.25, 0.3) is 0 Å². The van der Waals surface area contributed by atoms with Gasteiger partial charge in [-0.15, -0.1) is 0 Å². The molecule has 0 bridgehead atoms. The van der Waals surface area contributed by atoms with Gasteiger partial charge in [0, 0.05) is 11.4 Å². The van der Waals surface area contributed by atoms with Crippen LogP contribution in [-0.2, 0) is 9.53 Å². The van der Waals surface area contributed by atoms with Crippen LogP contribution in [0.2, 0.25) is 0 Å². The van der Waals surface area contributed by atoms with Crippen LogP contribution in [0.4, 0.5) is 10.5 Å². The van der Waals surface area contributed by atoms with E-state index in [-0.39, 0.29) is 6.42 Å². The molecule has 0 aliphatic rings. The Hall–Kier alpha value is -1.56. The lowest BCUT2D eigenvalue weighted by Gasteiger charge is -2.30. The Balaban J connectivity index is 2.93. The summed E-state index contributed by atoms with van der Waals surface area (Å²) >= 11 is 1.44. The van der Waals surface area contributed by atoms with Crippen molar-refractivity contribution in [2.45, 2.75) is 45.8 Å². The second-order valence-electron chi connectivity index (χ2n) is 5.28. The van der Waals surface area contributed by atoms with E-state index in [9.17, 15) is 9.59 Å². The summed E-state index contributed by atoms with van der Waals surface area (Å²) in [6, 6.07) is 1.30. The highest BCUT2D eigenvalue weighted by atomic mass is 32.1. The zero-order valence-electron chi connectivity index (χ0n) is 11.5. The molecule has 1 rings (SSSR count). The summed E-state index contributed by atoms with van der Waals surface area (Å²) < 4.78 is 5.33. The van der Waals surface area contributed by atoms with E-state index in [1.54, 1.807) is 39.1 Å². The standard InChI is InChI=1S/C13H19NO4S/c1-9(7-11(15)16)14(10-5-6-19-8-10)12(17)18-13(2,3)4/h5-6,8-9H,7H2,1-4H3,(H,15,16). The Morgan fingerprint density at radius 1 is 1.47 bits per heavy atom. The summed E-state index contributed by atoms with van der Waals surface area (Å²) in [5.41, 5.74) is 0.0434. The Labute approximate surface area is 116 Å². The van der Waals surface area contributed by atoms with Crippen molar-refractivity contribution in [3.63, 3.8) is 0 Å². The lowest BCUT2D eigenvalue weighted by Crippen LogP contribution is -2.43. The molecular formula is C13H19NO4S. The summed E-state index contributed by atoms with van der Waals surface area (Å²) in [7, 11) is 0. The number of rotatable bonds is 4. The highest BCUT2D eigenvalue weighted by Crippen LogP contribution is 2.24. The second kappa shape index (κ2) is 6.06. The van der Waals surface area contributed by atoms with Crippen molar-refractivity contribution in [1.82, 2.24) is 0 Å². The fraction of sp³-hybridized carbons (Fsp3) is 0.538. The summed E-state index contributed by atoms with van der Waals surface area (Å²) in [5, 5.41) is 12.5. The molecular weight excluding hydrogens is 266 g/mol. The molecule has 1 unspecified atom stereocenters. The van der Waals surface area contributed by atoms with Gasteiger partial charge < -0.3 is 9.84 Å². The van der Waals surface area contributed by atoms with Gasteiger partial charge in [0.05, 0.1) is 12.1 Å². The van der Waals surface area contributed by atoms with Gasteiger partial charge in [-0.25, -0.2) is 4.79 Å². The van der Waals surface area contributed by atoms with Crippen LogP contribution in [0.3, 0.4) is 0 Å². The van der Waals surface area contributed by atoms with Crippen LogP contribution in [0.15, 0.2) is 16.8 Å². The molecule has 1 aromatic heterocycles. The first-order valence-electron chi connectivity index (χ1n) is 5.97. The van der Waals surface area contributed by atoms with Crippen molar-refractivity contribution >= 4 is 29.1 Å². The maximum Gasteiger partial charge on any atom is 0.415 e. The van der Waals surface area contributed by atoms with Gasteiger partial charge in [-0.1, -0.05) is 0 Å². The summed E-state index contributed by atoms with van der Waals surface area (Å²) in [6.45, 7) is 7.02. The number of anilines is 1. The topological polar surface area (TPSA) is 66.8 Å². The van der Waals surface area contributed by atoms with E-state index < -0.39 is 23.7 Å². The minimum atomic E-state index is -0.948. The van der Waals surface area contributed by atoms with E-state index in [0.29, 0.717) is 5.69 Å². The molecule has 106 valence electrons. The summed E-state index contributed by atoms with van der Waals surface area (Å²) in [6.07, 6.45) is -0.658. The molecule has 5 nitrogen and oxygen atoms in total. The monoisotopic (exact) mass is 285 g/mol. The predicted molar refractivity (Wildman–Crippen MR) is 74.7 cm³/mol. The number of thiophene rings is 1. The maximum atomic E-state index is 12.2. The van der Waals surface area contributed by atoms with Crippen molar-refractivity contribution in [3.8, 4) is 0 Å². The van der Waals surface area contributed by atoms with Gasteiger partial charge >= 0.3 is 12.1 Å². The molecule has 19 heavy (non-hydrogen) atoms. The van der Waals surface area contributed by atoms with Crippen molar-refractivity contribution in [3.05, 3.63) is 16.8 Å². The first-order valence-corrected chi connectivity index (χ1v) is 6.91. The fourth-order valence-electron chi connectivity index (χ4n) is 1.59. The van der Waals surface area contributed by atoms with E-state index in [0.717, 1.165) is 0 Å². The van der Waals surface area contributed by atoms with E-state index in [2.05, 4.69) is 0 Å². The number of ether oxygens (including phenoxy) is 1. The van der Waals surface area contributed by atoms with Crippen LogP contribution in [-0.4, -0.2) is 28.8 Å². The van der Waals surface area contributed by atoms with Crippen LogP contribution in [0.1, 0.15) is 34.1 Å². The lowest BCUT2D eigenvalue weighted by molar-refractivity contribution is -0.137. The van der Waals surface area contributed by atoms with Crippen LogP contribution >= 0.6 is 11.3 Å². The lowest BCUT2D eigenvalue weighted by atomic mass is 10.2. The number of carbonyl (C=O) groups is 2. The first kappa shape index (κ1) is 15.5. The van der Waals surface area contributed by atoms with Gasteiger partial charge in [-0.2, -0.15) is 11.3 Å². The highest BCUT2D eigenvalue weighted by molar-refractivity contribution is 7.08. The van der Waals surface area contributed by atoms with Gasteiger partial charge in [-0.05, 0) is 39.1 Å². The van der Waals surface area contributed by atoms with Crippen molar-refractivity contribution in [1.29, 1.82) is 0 Å². The molecule has 0 aliphatic carbocycles. The Kier molecular flexibility index (Phi) is 4.94. The number of amides is 1. The number of carboxylic acid groups (broad SMARTS) is 1. The van der Waals surface area contributed by atoms with Crippen molar-refractivity contribution in [2.75, 3.05) is 4.90 Å². The third-order valence-corrected chi connectivity index (χ3v) is 2.96. The number of hydrogen-bond acceptors (Lipinski definition) is 4. The van der Waals surface area contributed by atoms with Crippen LogP contribution < -0.4 is 4.90 Å². The first-order chi connectivity index (χ1) is 8.70. The molecule has 1 atom stereocenters. The number of hydrogen-bond donors (Lipinski definition) is 1. The number of nitrogens with zero attached hydrogens (tertiary/aromatic N) is 1. The zero-order valence-corrected chi connectivity index (χ0v) is 12.4. The van der Waals surface area contributed by atoms with Crippen molar-refractivity contribution in [2.24, 2.45) is 0 Å². The molecule has 0 saturated heterocycles. The van der Waals surface area contributed by atoms with E-state index in [1.807, 2.05) is 5.38 Å². The SMILES string of the molecule is CC(CC(=O)O)N(C(=O)OC(C)(C)C)c1ccsc1. The quantitative estimate of drug-likeness (QED) is 0.921. The van der Waals surface area contributed by atoms with Crippen molar-refractivity contribution < 1.29 is 19.4 Å². The number of aliphatic carboxylic acids is 1. The third-order valence-electron chi connectivity index (χ3n) is 2.29. The predicted octanol–water partition coefficient (Wildman–Crippen LogP) is 3.35. The van der Waals surface area contributed by atoms with E-state index >= 15 is 0 Å². The molecule has 1 heterocycles. The highest BCUT2D eigenvalue weighted by Gasteiger charge is 2.28. The zero-order chi connectivity index (χ0) is 14.6. The molecule has 6 heteroatoms. The minimum absolute atomic E-state index is 0.130. The fourth-order valence-corrected chi connectivity index (χ4v) is 2.22. The Bertz CT molecular complexity index is 436. The van der Waals surface area contributed by atoms with Gasteiger partial charge in [0.1, 0.15) is 5.60 Å². The number of carboxylic acids is 1. The Morgan fingerprint density at radius 3 is 2.53 bits per heavy atom. The number of carbonyl (C=O) groups excluding carboxylic acids is 1. The van der Waals surface area contributed by atoms with Gasteiger partial charge in [-0.3, -0.25) is 9.69 Å². The average molecular weight is 285 g/mol. The van der Waals surface area contributed by atoms with Gasteiger partial charge in [0.2, 0.25) is 0 Å². The van der Waals surface area contributed by atoms with Gasteiger partial charge in [0.15, 0.2) is 0 Å². The molecule has 1 amide bonds. The second-order valence-corrected chi connectivity index (χ2v) is 6.06. The van der Waals surface area contributed by atoms with Crippen LogP contribution in [0.5, 0.6) is 0 Å². The maximum absolute atomic E-state index is 12.2. The molecule has 0 spiro atoms. The molecule has 0 radical (unpaired) electrons. The molecule has 0 aliphatic heterocycles. The van der Waals surface area contributed by atoms with E-state index in [4.69, 9.17) is 9.84 Å². The average Bonchev–Trinajstić information content (AvgIpc) is 2.66. The molecule has 1 N–H and O–H groups in total. The van der Waals surface area contributed by atoms with Crippen LogP contribution in [0.25, 0.3) is 0 Å². The summed E-state index contributed by atoms with van der Waals surface area (Å²) in [5.74, 6) is -0.948. The third kappa shape index (κ3) is 4.90. The largest absolute Gasteiger partial charge is 0.481 e. The minimum Gasteiger partial charge on any atom is -0.481 e. The molecule has 0 fully saturated rings. The van der Waals surface area contributed by atoms with Crippen LogP contribution in [0, 0.1) is 0 Å². The van der Waals surface area contributed by atoms with E-state index in [1.165, 1.54) is 16.2 Å². The molecule has 0 aromatic carbocycles. The smallest absolute Gasteiger partial charge is 0.415 e. The molecule has 0 saturated carbocycles. The Morgan fingerprint density at radius 2 is 2.11 bits per heavy atom. The normalized spacial score (nSPS) is 12.8.